The van der Waals surface area contributed by atoms with E-state index in [2.05, 4.69) is 33.2 Å². The second-order valence-corrected chi connectivity index (χ2v) is 7.08. The van der Waals surface area contributed by atoms with Gasteiger partial charge in [0.1, 0.15) is 5.75 Å². The molecule has 2 rings (SSSR count). The minimum Gasteiger partial charge on any atom is -0.492 e. The molecule has 0 atom stereocenters. The third kappa shape index (κ3) is 5.20. The molecule has 0 aliphatic heterocycles. The van der Waals surface area contributed by atoms with Crippen molar-refractivity contribution in [1.82, 2.24) is 5.32 Å². The first-order chi connectivity index (χ1) is 11.4. The minimum absolute atomic E-state index is 0.146. The summed E-state index contributed by atoms with van der Waals surface area (Å²) in [5.74, 6) is 0.154. The van der Waals surface area contributed by atoms with E-state index in [0.29, 0.717) is 33.7 Å². The average Bonchev–Trinajstić information content (AvgIpc) is 2.52. The molecule has 1 amide bonds. The highest BCUT2D eigenvalue weighted by molar-refractivity contribution is 14.1. The molecule has 0 aromatic heterocycles. The predicted molar refractivity (Wildman–Crippen MR) is 110 cm³/mol. The van der Waals surface area contributed by atoms with E-state index in [4.69, 9.17) is 40.2 Å². The van der Waals surface area contributed by atoms with Gasteiger partial charge in [0, 0.05) is 9.13 Å². The number of carbonyl (C=O) groups is 1. The number of thiocarbonyl (C=S) groups is 1. The van der Waals surface area contributed by atoms with Crippen molar-refractivity contribution in [3.05, 3.63) is 55.6 Å². The highest BCUT2D eigenvalue weighted by atomic mass is 127. The Morgan fingerprint density at radius 2 is 1.96 bits per heavy atom. The van der Waals surface area contributed by atoms with E-state index >= 15 is 0 Å². The van der Waals surface area contributed by atoms with Gasteiger partial charge in [0.05, 0.1) is 22.3 Å². The summed E-state index contributed by atoms with van der Waals surface area (Å²) in [5.41, 5.74) is 0.994. The SMILES string of the molecule is CCOc1ccc(C(=O)NC(=S)Nc2ccc(I)cc2Cl)cc1Cl. The number of hydrogen-bond donors (Lipinski definition) is 2. The molecule has 0 radical (unpaired) electrons. The lowest BCUT2D eigenvalue weighted by atomic mass is 10.2. The van der Waals surface area contributed by atoms with Crippen LogP contribution in [0.3, 0.4) is 0 Å². The maximum atomic E-state index is 12.2. The molecule has 0 aliphatic carbocycles. The van der Waals surface area contributed by atoms with Crippen LogP contribution in [-0.4, -0.2) is 17.6 Å². The number of halogens is 3. The predicted octanol–water partition coefficient (Wildman–Crippen LogP) is 5.12. The van der Waals surface area contributed by atoms with Gasteiger partial charge in [-0.1, -0.05) is 23.2 Å². The summed E-state index contributed by atoms with van der Waals surface area (Å²) in [7, 11) is 0. The summed E-state index contributed by atoms with van der Waals surface area (Å²) in [6, 6.07) is 10.3. The fourth-order valence-corrected chi connectivity index (χ4v) is 3.18. The molecular formula is C16H13Cl2IN2O2S. The van der Waals surface area contributed by atoms with Gasteiger partial charge in [-0.25, -0.2) is 0 Å². The van der Waals surface area contributed by atoms with Gasteiger partial charge in [-0.05, 0) is 78.1 Å². The molecule has 0 aliphatic rings. The molecule has 0 spiro atoms. The quantitative estimate of drug-likeness (QED) is 0.457. The number of hydrogen-bond acceptors (Lipinski definition) is 3. The molecule has 2 aromatic rings. The molecule has 0 saturated carbocycles. The molecule has 0 bridgehead atoms. The van der Waals surface area contributed by atoms with Crippen molar-refractivity contribution in [2.45, 2.75) is 6.92 Å². The Kier molecular flexibility index (Phi) is 7.09. The molecule has 4 nitrogen and oxygen atoms in total. The van der Waals surface area contributed by atoms with Gasteiger partial charge in [-0.15, -0.1) is 0 Å². The van der Waals surface area contributed by atoms with E-state index in [1.807, 2.05) is 13.0 Å². The van der Waals surface area contributed by atoms with E-state index in [9.17, 15) is 4.79 Å². The zero-order valence-electron chi connectivity index (χ0n) is 12.5. The molecule has 2 N–H and O–H groups in total. The van der Waals surface area contributed by atoms with Gasteiger partial charge < -0.3 is 10.1 Å². The van der Waals surface area contributed by atoms with Crippen LogP contribution in [0.1, 0.15) is 17.3 Å². The van der Waals surface area contributed by atoms with Crippen LogP contribution in [0, 0.1) is 3.57 Å². The maximum absolute atomic E-state index is 12.2. The van der Waals surface area contributed by atoms with Crippen molar-refractivity contribution in [2.75, 3.05) is 11.9 Å². The first kappa shape index (κ1) is 19.2. The van der Waals surface area contributed by atoms with E-state index in [1.54, 1.807) is 24.3 Å². The van der Waals surface area contributed by atoms with Crippen molar-refractivity contribution in [3.63, 3.8) is 0 Å². The standard InChI is InChI=1S/C16H13Cl2IN2O2S/c1-2-23-14-6-3-9(7-12(14)18)15(22)21-16(24)20-13-5-4-10(19)8-11(13)17/h3-8H,2H2,1H3,(H2,20,21,22,24). The lowest BCUT2D eigenvalue weighted by Gasteiger charge is -2.12. The second-order valence-electron chi connectivity index (χ2n) is 4.61. The average molecular weight is 495 g/mol. The summed E-state index contributed by atoms with van der Waals surface area (Å²) in [4.78, 5) is 12.2. The first-order valence-electron chi connectivity index (χ1n) is 6.90. The molecular weight excluding hydrogens is 482 g/mol. The molecule has 0 fully saturated rings. The fourth-order valence-electron chi connectivity index (χ4n) is 1.83. The van der Waals surface area contributed by atoms with Crippen LogP contribution in [0.4, 0.5) is 5.69 Å². The Labute approximate surface area is 169 Å². The van der Waals surface area contributed by atoms with Crippen molar-refractivity contribution in [2.24, 2.45) is 0 Å². The monoisotopic (exact) mass is 494 g/mol. The third-order valence-corrected chi connectivity index (χ3v) is 4.38. The normalized spacial score (nSPS) is 10.2. The van der Waals surface area contributed by atoms with E-state index in [0.717, 1.165) is 3.57 Å². The Morgan fingerprint density at radius 3 is 2.58 bits per heavy atom. The number of anilines is 1. The van der Waals surface area contributed by atoms with Crippen LogP contribution in [0.5, 0.6) is 5.75 Å². The largest absolute Gasteiger partial charge is 0.492 e. The lowest BCUT2D eigenvalue weighted by Crippen LogP contribution is -2.34. The highest BCUT2D eigenvalue weighted by Crippen LogP contribution is 2.26. The van der Waals surface area contributed by atoms with Gasteiger partial charge in [0.2, 0.25) is 0 Å². The Bertz CT molecular complexity index is 787. The topological polar surface area (TPSA) is 50.4 Å². The van der Waals surface area contributed by atoms with Crippen molar-refractivity contribution >= 4 is 74.7 Å². The van der Waals surface area contributed by atoms with Crippen LogP contribution < -0.4 is 15.4 Å². The lowest BCUT2D eigenvalue weighted by molar-refractivity contribution is 0.0977. The van der Waals surface area contributed by atoms with Crippen LogP contribution in [0.25, 0.3) is 0 Å². The molecule has 2 aromatic carbocycles. The Hall–Kier alpha value is -1.09. The molecule has 126 valence electrons. The molecule has 0 heterocycles. The van der Waals surface area contributed by atoms with Gasteiger partial charge in [-0.2, -0.15) is 0 Å². The fraction of sp³-hybridized carbons (Fsp3) is 0.125. The number of ether oxygens (including phenoxy) is 1. The van der Waals surface area contributed by atoms with Gasteiger partial charge >= 0.3 is 0 Å². The van der Waals surface area contributed by atoms with Crippen molar-refractivity contribution in [3.8, 4) is 5.75 Å². The smallest absolute Gasteiger partial charge is 0.257 e. The zero-order chi connectivity index (χ0) is 17.7. The van der Waals surface area contributed by atoms with Gasteiger partial charge in [0.25, 0.3) is 5.91 Å². The van der Waals surface area contributed by atoms with E-state index < -0.39 is 0 Å². The summed E-state index contributed by atoms with van der Waals surface area (Å²) < 4.78 is 6.34. The molecule has 0 unspecified atom stereocenters. The molecule has 0 saturated heterocycles. The highest BCUT2D eigenvalue weighted by Gasteiger charge is 2.12. The number of carbonyl (C=O) groups excluding carboxylic acids is 1. The van der Waals surface area contributed by atoms with Crippen LogP contribution in [0.2, 0.25) is 10.0 Å². The minimum atomic E-state index is -0.376. The Morgan fingerprint density at radius 1 is 1.21 bits per heavy atom. The Balaban J connectivity index is 2.03. The summed E-state index contributed by atoms with van der Waals surface area (Å²) in [5, 5.41) is 6.51. The summed E-state index contributed by atoms with van der Waals surface area (Å²) in [6.07, 6.45) is 0. The van der Waals surface area contributed by atoms with Crippen LogP contribution in [-0.2, 0) is 0 Å². The number of nitrogens with one attached hydrogen (secondary N) is 2. The first-order valence-corrected chi connectivity index (χ1v) is 9.14. The van der Waals surface area contributed by atoms with Gasteiger partial charge in [-0.3, -0.25) is 10.1 Å². The number of rotatable bonds is 4. The number of benzene rings is 2. The third-order valence-electron chi connectivity index (χ3n) is 2.90. The molecule has 24 heavy (non-hydrogen) atoms. The van der Waals surface area contributed by atoms with E-state index in [1.165, 1.54) is 6.07 Å². The van der Waals surface area contributed by atoms with Gasteiger partial charge in [0.15, 0.2) is 5.11 Å². The number of amides is 1. The molecule has 8 heteroatoms. The van der Waals surface area contributed by atoms with Crippen molar-refractivity contribution < 1.29 is 9.53 Å². The van der Waals surface area contributed by atoms with E-state index in [-0.39, 0.29) is 11.0 Å². The van der Waals surface area contributed by atoms with Crippen molar-refractivity contribution in [1.29, 1.82) is 0 Å². The van der Waals surface area contributed by atoms with Crippen LogP contribution in [0.15, 0.2) is 36.4 Å². The summed E-state index contributed by atoms with van der Waals surface area (Å²) in [6.45, 7) is 2.35. The van der Waals surface area contributed by atoms with Crippen LogP contribution >= 0.6 is 58.0 Å². The summed E-state index contributed by atoms with van der Waals surface area (Å²) >= 11 is 19.5. The maximum Gasteiger partial charge on any atom is 0.257 e. The zero-order valence-corrected chi connectivity index (χ0v) is 17.0. The second kappa shape index (κ2) is 8.84.